The quantitative estimate of drug-likeness (QED) is 0.447. The molecule has 0 spiro atoms. The first-order valence-corrected chi connectivity index (χ1v) is 2.87. The summed E-state index contributed by atoms with van der Waals surface area (Å²) in [4.78, 5) is 0. The predicted octanol–water partition coefficient (Wildman–Crippen LogP) is 1.43. The number of hydrogen-bond donors (Lipinski definition) is 0. The lowest BCUT2D eigenvalue weighted by Gasteiger charge is -2.38. The average Bonchev–Trinajstić information content (AvgIpc) is 1.68. The summed E-state index contributed by atoms with van der Waals surface area (Å²) in [6.07, 6.45) is 1.02. The van der Waals surface area contributed by atoms with Crippen LogP contribution in [0.5, 0.6) is 0 Å². The highest BCUT2D eigenvalue weighted by Gasteiger charge is 2.31. The summed E-state index contributed by atoms with van der Waals surface area (Å²) in [5.41, 5.74) is 0. The van der Waals surface area contributed by atoms with Crippen molar-refractivity contribution >= 4 is 0 Å². The fraction of sp³-hybridized carbons (Fsp3) is 1.00. The molecule has 1 saturated heterocycles. The van der Waals surface area contributed by atoms with Gasteiger partial charge in [0.25, 0.3) is 0 Å². The van der Waals surface area contributed by atoms with Crippen molar-refractivity contribution in [2.24, 2.45) is 5.92 Å². The van der Waals surface area contributed by atoms with Crippen LogP contribution in [0.3, 0.4) is 0 Å². The molecule has 2 atom stereocenters. The summed E-state index contributed by atoms with van der Waals surface area (Å²) >= 11 is 0. The van der Waals surface area contributed by atoms with E-state index in [-0.39, 0.29) is 0 Å². The minimum absolute atomic E-state index is 0.509. The van der Waals surface area contributed by atoms with Crippen LogP contribution in [-0.4, -0.2) is 12.2 Å². The van der Waals surface area contributed by atoms with Crippen LogP contribution in [0.4, 0.5) is 0 Å². The number of ether oxygens (including phenoxy) is 1. The van der Waals surface area contributed by atoms with Crippen LogP contribution in [0.2, 0.25) is 0 Å². The highest BCUT2D eigenvalue weighted by molar-refractivity contribution is 4.77. The Bertz CT molecular complexity index is 62.6. The van der Waals surface area contributed by atoms with Crippen molar-refractivity contribution in [1.82, 2.24) is 0 Å². The molecule has 0 bridgehead atoms. The Kier molecular flexibility index (Phi) is 1.08. The first kappa shape index (κ1) is 5.10. The van der Waals surface area contributed by atoms with Crippen molar-refractivity contribution in [3.8, 4) is 0 Å². The van der Waals surface area contributed by atoms with Gasteiger partial charge in [0.15, 0.2) is 0 Å². The lowest BCUT2D eigenvalue weighted by atomic mass is 9.94. The monoisotopic (exact) mass is 100 g/mol. The van der Waals surface area contributed by atoms with Gasteiger partial charge in [0.05, 0.1) is 12.2 Å². The SMILES string of the molecule is CC1[C@@H](C)O[C@@H]1C. The van der Waals surface area contributed by atoms with Crippen molar-refractivity contribution < 1.29 is 4.74 Å². The van der Waals surface area contributed by atoms with E-state index >= 15 is 0 Å². The predicted molar refractivity (Wildman–Crippen MR) is 29.2 cm³/mol. The molecule has 0 N–H and O–H groups in total. The van der Waals surface area contributed by atoms with Gasteiger partial charge in [-0.25, -0.2) is 0 Å². The topological polar surface area (TPSA) is 9.23 Å². The summed E-state index contributed by atoms with van der Waals surface area (Å²) in [5, 5.41) is 0. The van der Waals surface area contributed by atoms with Crippen molar-refractivity contribution in [2.75, 3.05) is 0 Å². The van der Waals surface area contributed by atoms with Crippen molar-refractivity contribution in [3.63, 3.8) is 0 Å². The Balaban J connectivity index is 2.29. The highest BCUT2D eigenvalue weighted by Crippen LogP contribution is 2.26. The summed E-state index contributed by atoms with van der Waals surface area (Å²) in [7, 11) is 0. The van der Waals surface area contributed by atoms with Gasteiger partial charge in [0.2, 0.25) is 0 Å². The maximum absolute atomic E-state index is 5.25. The highest BCUT2D eigenvalue weighted by atomic mass is 16.5. The molecule has 42 valence electrons. The molecule has 0 unspecified atom stereocenters. The molecule has 1 heteroatoms. The second-order valence-electron chi connectivity index (χ2n) is 2.41. The van der Waals surface area contributed by atoms with Crippen molar-refractivity contribution in [3.05, 3.63) is 0 Å². The second-order valence-corrected chi connectivity index (χ2v) is 2.41. The maximum atomic E-state index is 5.25. The van der Waals surface area contributed by atoms with E-state index < -0.39 is 0 Å². The molecule has 0 aromatic carbocycles. The molecule has 1 aliphatic rings. The minimum atomic E-state index is 0.509. The van der Waals surface area contributed by atoms with E-state index in [1.54, 1.807) is 0 Å². The lowest BCUT2D eigenvalue weighted by Crippen LogP contribution is -2.42. The van der Waals surface area contributed by atoms with Crippen molar-refractivity contribution in [1.29, 1.82) is 0 Å². The van der Waals surface area contributed by atoms with Gasteiger partial charge in [-0.05, 0) is 13.8 Å². The lowest BCUT2D eigenvalue weighted by molar-refractivity contribution is -0.156. The Morgan fingerprint density at radius 3 is 1.43 bits per heavy atom. The summed E-state index contributed by atoms with van der Waals surface area (Å²) in [6.45, 7) is 6.45. The van der Waals surface area contributed by atoms with Gasteiger partial charge in [-0.15, -0.1) is 0 Å². The Labute approximate surface area is 44.7 Å². The summed E-state index contributed by atoms with van der Waals surface area (Å²) in [6, 6.07) is 0. The molecule has 0 aromatic rings. The van der Waals surface area contributed by atoms with E-state index in [2.05, 4.69) is 20.8 Å². The van der Waals surface area contributed by atoms with E-state index in [1.165, 1.54) is 0 Å². The van der Waals surface area contributed by atoms with Crippen LogP contribution in [-0.2, 0) is 4.74 Å². The van der Waals surface area contributed by atoms with Crippen LogP contribution in [0, 0.1) is 5.92 Å². The molecule has 0 amide bonds. The van der Waals surface area contributed by atoms with Crippen LogP contribution < -0.4 is 0 Å². The third-order valence-electron chi connectivity index (χ3n) is 1.91. The van der Waals surface area contributed by atoms with E-state index in [9.17, 15) is 0 Å². The first-order chi connectivity index (χ1) is 3.22. The Morgan fingerprint density at radius 2 is 1.43 bits per heavy atom. The fourth-order valence-corrected chi connectivity index (χ4v) is 0.879. The molecule has 0 radical (unpaired) electrons. The second kappa shape index (κ2) is 1.48. The standard InChI is InChI=1S/C6H12O/c1-4-5(2)7-6(4)3/h4-6H,1-3H3/t5-,6-/m1/s1. The molecule has 1 nitrogen and oxygen atoms in total. The van der Waals surface area contributed by atoms with Gasteiger partial charge < -0.3 is 4.74 Å². The van der Waals surface area contributed by atoms with E-state index in [4.69, 9.17) is 4.74 Å². The fourth-order valence-electron chi connectivity index (χ4n) is 0.879. The van der Waals surface area contributed by atoms with Gasteiger partial charge in [0, 0.05) is 5.92 Å². The molecule has 1 fully saturated rings. The Morgan fingerprint density at radius 1 is 1.00 bits per heavy atom. The van der Waals surface area contributed by atoms with Gasteiger partial charge in [0.1, 0.15) is 0 Å². The largest absolute Gasteiger partial charge is 0.375 e. The average molecular weight is 100 g/mol. The molecule has 0 saturated carbocycles. The van der Waals surface area contributed by atoms with Crippen LogP contribution in [0.15, 0.2) is 0 Å². The van der Waals surface area contributed by atoms with E-state index in [1.807, 2.05) is 0 Å². The molecular formula is C6H12O. The molecule has 7 heavy (non-hydrogen) atoms. The van der Waals surface area contributed by atoms with Gasteiger partial charge in [-0.1, -0.05) is 6.92 Å². The first-order valence-electron chi connectivity index (χ1n) is 2.87. The molecule has 0 aliphatic carbocycles. The number of rotatable bonds is 0. The van der Waals surface area contributed by atoms with E-state index in [0.29, 0.717) is 12.2 Å². The molecular weight excluding hydrogens is 88.1 g/mol. The summed E-state index contributed by atoms with van der Waals surface area (Å²) in [5.74, 6) is 0.778. The summed E-state index contributed by atoms with van der Waals surface area (Å²) < 4.78 is 5.25. The van der Waals surface area contributed by atoms with Crippen molar-refractivity contribution in [2.45, 2.75) is 33.0 Å². The number of hydrogen-bond acceptors (Lipinski definition) is 1. The Hall–Kier alpha value is -0.0400. The zero-order chi connectivity index (χ0) is 5.44. The minimum Gasteiger partial charge on any atom is -0.375 e. The van der Waals surface area contributed by atoms with Gasteiger partial charge >= 0.3 is 0 Å². The molecule has 1 heterocycles. The third kappa shape index (κ3) is 0.653. The normalized spacial score (nSPS) is 43.3. The van der Waals surface area contributed by atoms with Crippen LogP contribution in [0.1, 0.15) is 20.8 Å². The maximum Gasteiger partial charge on any atom is 0.0600 e. The molecule has 0 aromatic heterocycles. The third-order valence-corrected chi connectivity index (χ3v) is 1.91. The molecule has 1 aliphatic heterocycles. The van der Waals surface area contributed by atoms with Gasteiger partial charge in [-0.2, -0.15) is 0 Å². The van der Waals surface area contributed by atoms with Gasteiger partial charge in [-0.3, -0.25) is 0 Å². The molecule has 1 rings (SSSR count). The van der Waals surface area contributed by atoms with E-state index in [0.717, 1.165) is 5.92 Å². The zero-order valence-electron chi connectivity index (χ0n) is 5.14. The van der Waals surface area contributed by atoms with Crippen LogP contribution in [0.25, 0.3) is 0 Å². The zero-order valence-corrected chi connectivity index (χ0v) is 5.14. The van der Waals surface area contributed by atoms with Crippen LogP contribution >= 0.6 is 0 Å². The smallest absolute Gasteiger partial charge is 0.0600 e.